The average molecular weight is 427 g/mol. The molecule has 160 valence electrons. The van der Waals surface area contributed by atoms with Gasteiger partial charge in [-0.1, -0.05) is 12.1 Å². The Morgan fingerprint density at radius 1 is 0.969 bits per heavy atom. The molecule has 0 radical (unpaired) electrons. The summed E-state index contributed by atoms with van der Waals surface area (Å²) in [7, 11) is 0. The fraction of sp³-hybridized carbons (Fsp3) is 0.167. The molecule has 3 aromatic heterocycles. The largest absolute Gasteiger partial charge is 0.456 e. The lowest BCUT2D eigenvalue weighted by Gasteiger charge is -2.09. The number of imidazole rings is 1. The first kappa shape index (κ1) is 19.7. The fourth-order valence-corrected chi connectivity index (χ4v) is 3.30. The minimum Gasteiger partial charge on any atom is -0.456 e. The average Bonchev–Trinajstić information content (AvgIpc) is 3.55. The molecule has 0 spiro atoms. The molecule has 1 aliphatic rings. The minimum atomic E-state index is -0.286. The van der Waals surface area contributed by atoms with Gasteiger partial charge in [-0.25, -0.2) is 9.97 Å². The van der Waals surface area contributed by atoms with Gasteiger partial charge < -0.3 is 19.8 Å². The number of ether oxygens (including phenoxy) is 1. The van der Waals surface area contributed by atoms with Crippen molar-refractivity contribution in [1.82, 2.24) is 14.4 Å². The van der Waals surface area contributed by atoms with E-state index in [4.69, 9.17) is 4.74 Å². The number of pyridine rings is 2. The van der Waals surface area contributed by atoms with E-state index in [9.17, 15) is 9.59 Å². The third-order valence-electron chi connectivity index (χ3n) is 5.07. The highest BCUT2D eigenvalue weighted by molar-refractivity contribution is 6.03. The lowest BCUT2D eigenvalue weighted by Crippen LogP contribution is -2.13. The van der Waals surface area contributed by atoms with E-state index in [0.29, 0.717) is 34.3 Å². The molecule has 8 heteroatoms. The van der Waals surface area contributed by atoms with E-state index in [1.165, 1.54) is 0 Å². The third kappa shape index (κ3) is 4.44. The highest BCUT2D eigenvalue weighted by Crippen LogP contribution is 2.30. The van der Waals surface area contributed by atoms with E-state index in [-0.39, 0.29) is 17.7 Å². The van der Waals surface area contributed by atoms with E-state index in [0.717, 1.165) is 18.5 Å². The van der Waals surface area contributed by atoms with Gasteiger partial charge in [0.2, 0.25) is 5.91 Å². The number of benzene rings is 1. The number of anilines is 2. The Balaban J connectivity index is 1.29. The monoisotopic (exact) mass is 427 g/mol. The van der Waals surface area contributed by atoms with Crippen molar-refractivity contribution in [2.75, 3.05) is 10.6 Å². The lowest BCUT2D eigenvalue weighted by atomic mass is 10.2. The molecule has 8 nitrogen and oxygen atoms in total. The number of carbonyl (C=O) groups is 2. The normalized spacial score (nSPS) is 13.0. The van der Waals surface area contributed by atoms with Crippen molar-refractivity contribution in [1.29, 1.82) is 0 Å². The number of aromatic nitrogens is 3. The smallest absolute Gasteiger partial charge is 0.274 e. The van der Waals surface area contributed by atoms with Crippen LogP contribution in [0.4, 0.5) is 11.5 Å². The van der Waals surface area contributed by atoms with Gasteiger partial charge >= 0.3 is 0 Å². The summed E-state index contributed by atoms with van der Waals surface area (Å²) in [6.07, 6.45) is 5.43. The van der Waals surface area contributed by atoms with Gasteiger partial charge in [-0.2, -0.15) is 0 Å². The molecule has 0 unspecified atom stereocenters. The van der Waals surface area contributed by atoms with Crippen LogP contribution in [0.25, 0.3) is 5.65 Å². The minimum absolute atomic E-state index is 0.0182. The molecule has 1 fully saturated rings. The maximum absolute atomic E-state index is 12.5. The zero-order valence-corrected chi connectivity index (χ0v) is 17.4. The molecule has 3 heterocycles. The summed E-state index contributed by atoms with van der Waals surface area (Å²) >= 11 is 0. The Morgan fingerprint density at radius 3 is 2.62 bits per heavy atom. The Bertz CT molecular complexity index is 1330. The molecule has 0 saturated heterocycles. The van der Waals surface area contributed by atoms with Gasteiger partial charge in [0.1, 0.15) is 22.8 Å². The predicted molar refractivity (Wildman–Crippen MR) is 120 cm³/mol. The Morgan fingerprint density at radius 2 is 1.81 bits per heavy atom. The van der Waals surface area contributed by atoms with Crippen LogP contribution in [0.15, 0.2) is 67.0 Å². The summed E-state index contributed by atoms with van der Waals surface area (Å²) in [5.41, 5.74) is 2.44. The van der Waals surface area contributed by atoms with Crippen molar-refractivity contribution in [3.63, 3.8) is 0 Å². The number of nitrogens with one attached hydrogen (secondary N) is 2. The Kier molecular flexibility index (Phi) is 5.03. The van der Waals surface area contributed by atoms with Crippen molar-refractivity contribution in [3.8, 4) is 11.5 Å². The molecule has 0 bridgehead atoms. The summed E-state index contributed by atoms with van der Waals surface area (Å²) in [4.78, 5) is 33.1. The van der Waals surface area contributed by atoms with Crippen LogP contribution in [-0.2, 0) is 4.79 Å². The lowest BCUT2D eigenvalue weighted by molar-refractivity contribution is -0.117. The van der Waals surface area contributed by atoms with Gasteiger partial charge in [-0.05, 0) is 56.2 Å². The number of rotatable bonds is 6. The predicted octanol–water partition coefficient (Wildman–Crippen LogP) is 4.43. The van der Waals surface area contributed by atoms with E-state index in [2.05, 4.69) is 20.6 Å². The van der Waals surface area contributed by atoms with Gasteiger partial charge in [-0.15, -0.1) is 0 Å². The van der Waals surface area contributed by atoms with Crippen LogP contribution >= 0.6 is 0 Å². The van der Waals surface area contributed by atoms with Crippen LogP contribution in [0.5, 0.6) is 11.5 Å². The van der Waals surface area contributed by atoms with Crippen molar-refractivity contribution >= 4 is 29.0 Å². The van der Waals surface area contributed by atoms with Crippen LogP contribution < -0.4 is 15.4 Å². The second-order valence-corrected chi connectivity index (χ2v) is 7.77. The van der Waals surface area contributed by atoms with Crippen molar-refractivity contribution in [2.45, 2.75) is 19.8 Å². The third-order valence-corrected chi connectivity index (χ3v) is 5.07. The first-order valence-corrected chi connectivity index (χ1v) is 10.4. The molecule has 0 atom stereocenters. The maximum Gasteiger partial charge on any atom is 0.274 e. The Hall–Kier alpha value is -4.20. The van der Waals surface area contributed by atoms with E-state index >= 15 is 0 Å². The summed E-state index contributed by atoms with van der Waals surface area (Å²) < 4.78 is 7.77. The highest BCUT2D eigenvalue weighted by Gasteiger charge is 2.30. The molecular weight excluding hydrogens is 406 g/mol. The van der Waals surface area contributed by atoms with E-state index in [1.54, 1.807) is 59.3 Å². The van der Waals surface area contributed by atoms with Crippen molar-refractivity contribution < 1.29 is 14.3 Å². The van der Waals surface area contributed by atoms with Crippen molar-refractivity contribution in [3.05, 3.63) is 78.4 Å². The second kappa shape index (κ2) is 8.14. The first-order chi connectivity index (χ1) is 15.5. The molecule has 1 aromatic carbocycles. The first-order valence-electron chi connectivity index (χ1n) is 10.4. The number of fused-ring (bicyclic) bond motifs is 1. The van der Waals surface area contributed by atoms with Gasteiger partial charge in [-0.3, -0.25) is 9.59 Å². The number of aryl methyl sites for hydroxylation is 1. The molecule has 2 amide bonds. The molecule has 1 saturated carbocycles. The van der Waals surface area contributed by atoms with Crippen LogP contribution in [0.3, 0.4) is 0 Å². The number of amides is 2. The summed E-state index contributed by atoms with van der Waals surface area (Å²) in [6.45, 7) is 1.84. The summed E-state index contributed by atoms with van der Waals surface area (Å²) in [5, 5.41) is 5.69. The van der Waals surface area contributed by atoms with Crippen LogP contribution in [0, 0.1) is 12.8 Å². The van der Waals surface area contributed by atoms with E-state index < -0.39 is 0 Å². The number of hydrogen-bond donors (Lipinski definition) is 2. The molecule has 1 aliphatic carbocycles. The zero-order valence-electron chi connectivity index (χ0n) is 17.4. The van der Waals surface area contributed by atoms with Gasteiger partial charge in [0, 0.05) is 23.4 Å². The quantitative estimate of drug-likeness (QED) is 0.474. The zero-order chi connectivity index (χ0) is 22.1. The number of nitrogens with zero attached hydrogens (tertiary/aromatic N) is 3. The standard InChI is InChI=1S/C24H21N5O3/c1-15-4-2-7-20(25-15)24(31)26-17-5-3-6-18(12-17)32-19-10-11-22-27-21(14-29(22)13-19)28-23(30)16-8-9-16/h2-7,10-14,16H,8-9H2,1H3,(H,26,31)(H,28,30). The van der Waals surface area contributed by atoms with Gasteiger partial charge in [0.25, 0.3) is 5.91 Å². The molecule has 2 N–H and O–H groups in total. The fourth-order valence-electron chi connectivity index (χ4n) is 3.30. The Labute approximate surface area is 184 Å². The van der Waals surface area contributed by atoms with Gasteiger partial charge in [0.05, 0.1) is 12.4 Å². The molecule has 4 aromatic rings. The molecular formula is C24H21N5O3. The second-order valence-electron chi connectivity index (χ2n) is 7.77. The summed E-state index contributed by atoms with van der Waals surface area (Å²) in [6, 6.07) is 16.1. The highest BCUT2D eigenvalue weighted by atomic mass is 16.5. The maximum atomic E-state index is 12.5. The molecule has 32 heavy (non-hydrogen) atoms. The van der Waals surface area contributed by atoms with Crippen molar-refractivity contribution in [2.24, 2.45) is 5.92 Å². The SMILES string of the molecule is Cc1cccc(C(=O)Nc2cccc(Oc3ccc4nc(NC(=O)C5CC5)cn4c3)c2)n1. The molecule has 0 aliphatic heterocycles. The summed E-state index contributed by atoms with van der Waals surface area (Å²) in [5.74, 6) is 1.54. The number of carbonyl (C=O) groups excluding carboxylic acids is 2. The van der Waals surface area contributed by atoms with Crippen LogP contribution in [-0.4, -0.2) is 26.2 Å². The van der Waals surface area contributed by atoms with Crippen LogP contribution in [0.2, 0.25) is 0 Å². The topological polar surface area (TPSA) is 97.6 Å². The molecule has 5 rings (SSSR count). The van der Waals surface area contributed by atoms with E-state index in [1.807, 2.05) is 19.1 Å². The van der Waals surface area contributed by atoms with Gasteiger partial charge in [0.15, 0.2) is 5.82 Å². The number of hydrogen-bond acceptors (Lipinski definition) is 5. The van der Waals surface area contributed by atoms with Crippen LogP contribution in [0.1, 0.15) is 29.0 Å².